The van der Waals surface area contributed by atoms with Crippen molar-refractivity contribution >= 4 is 17.3 Å². The van der Waals surface area contributed by atoms with Crippen molar-refractivity contribution in [3.8, 4) is 11.5 Å². The van der Waals surface area contributed by atoms with Crippen molar-refractivity contribution in [1.82, 2.24) is 0 Å². The number of anilines is 1. The van der Waals surface area contributed by atoms with Gasteiger partial charge in [-0.25, -0.2) is 0 Å². The Balaban J connectivity index is 2.70. The molecular weight excluding hydrogens is 270 g/mol. The summed E-state index contributed by atoms with van der Waals surface area (Å²) in [5.41, 5.74) is 0.708. The van der Waals surface area contributed by atoms with Crippen LogP contribution in [-0.2, 0) is 4.74 Å². The van der Waals surface area contributed by atoms with Crippen molar-refractivity contribution < 1.29 is 19.3 Å². The van der Waals surface area contributed by atoms with Gasteiger partial charge >= 0.3 is 0 Å². The van der Waals surface area contributed by atoms with E-state index in [1.807, 2.05) is 6.92 Å². The van der Waals surface area contributed by atoms with Gasteiger partial charge in [-0.1, -0.05) is 11.6 Å². The highest BCUT2D eigenvalue weighted by atomic mass is 35.5. The minimum Gasteiger partial charge on any atom is -0.495 e. The van der Waals surface area contributed by atoms with Crippen LogP contribution in [0.1, 0.15) is 6.92 Å². The van der Waals surface area contributed by atoms with E-state index < -0.39 is 6.10 Å². The van der Waals surface area contributed by atoms with Gasteiger partial charge in [0, 0.05) is 25.3 Å². The molecule has 19 heavy (non-hydrogen) atoms. The van der Waals surface area contributed by atoms with E-state index in [4.69, 9.17) is 25.8 Å². The highest BCUT2D eigenvalue weighted by Crippen LogP contribution is 2.35. The molecule has 0 saturated carbocycles. The average molecular weight is 290 g/mol. The van der Waals surface area contributed by atoms with Crippen molar-refractivity contribution in [2.24, 2.45) is 0 Å². The lowest BCUT2D eigenvalue weighted by atomic mass is 10.2. The molecule has 0 aromatic heterocycles. The molecule has 1 aromatic rings. The zero-order valence-electron chi connectivity index (χ0n) is 11.4. The lowest BCUT2D eigenvalue weighted by Crippen LogP contribution is -2.25. The van der Waals surface area contributed by atoms with Gasteiger partial charge in [0.1, 0.15) is 11.5 Å². The molecule has 0 spiro atoms. The summed E-state index contributed by atoms with van der Waals surface area (Å²) < 4.78 is 15.5. The van der Waals surface area contributed by atoms with Gasteiger partial charge in [-0.05, 0) is 6.92 Å². The minimum absolute atomic E-state index is 0.288. The molecule has 108 valence electrons. The topological polar surface area (TPSA) is 60.0 Å². The van der Waals surface area contributed by atoms with Crippen LogP contribution in [0.2, 0.25) is 5.02 Å². The van der Waals surface area contributed by atoms with Gasteiger partial charge in [0.15, 0.2) is 0 Å². The van der Waals surface area contributed by atoms with Crippen molar-refractivity contribution in [2.45, 2.75) is 13.0 Å². The predicted molar refractivity (Wildman–Crippen MR) is 75.5 cm³/mol. The summed E-state index contributed by atoms with van der Waals surface area (Å²) in [6, 6.07) is 3.40. The molecule has 0 fully saturated rings. The maximum atomic E-state index is 9.70. The van der Waals surface area contributed by atoms with Crippen LogP contribution in [0.25, 0.3) is 0 Å². The maximum Gasteiger partial charge on any atom is 0.143 e. The molecule has 0 aliphatic carbocycles. The third-order valence-electron chi connectivity index (χ3n) is 2.52. The monoisotopic (exact) mass is 289 g/mol. The summed E-state index contributed by atoms with van der Waals surface area (Å²) in [7, 11) is 3.10. The van der Waals surface area contributed by atoms with Crippen LogP contribution in [0.5, 0.6) is 11.5 Å². The van der Waals surface area contributed by atoms with Crippen molar-refractivity contribution in [1.29, 1.82) is 0 Å². The fourth-order valence-electron chi connectivity index (χ4n) is 1.54. The van der Waals surface area contributed by atoms with Gasteiger partial charge in [0.25, 0.3) is 0 Å². The Morgan fingerprint density at radius 2 is 1.95 bits per heavy atom. The van der Waals surface area contributed by atoms with E-state index in [1.54, 1.807) is 26.4 Å². The van der Waals surface area contributed by atoms with E-state index in [-0.39, 0.29) is 6.61 Å². The molecule has 0 radical (unpaired) electrons. The van der Waals surface area contributed by atoms with E-state index in [1.165, 1.54) is 0 Å². The van der Waals surface area contributed by atoms with Crippen LogP contribution in [0.4, 0.5) is 5.69 Å². The molecule has 0 aliphatic rings. The zero-order valence-corrected chi connectivity index (χ0v) is 12.2. The van der Waals surface area contributed by atoms with Crippen LogP contribution in [0, 0.1) is 0 Å². The second-order valence-electron chi connectivity index (χ2n) is 3.88. The highest BCUT2D eigenvalue weighted by Gasteiger charge is 2.11. The fraction of sp³-hybridized carbons (Fsp3) is 0.538. The Labute approximate surface area is 118 Å². The van der Waals surface area contributed by atoms with Crippen LogP contribution >= 0.6 is 11.6 Å². The number of nitrogens with one attached hydrogen (secondary N) is 1. The second-order valence-corrected chi connectivity index (χ2v) is 4.29. The number of hydrogen-bond donors (Lipinski definition) is 2. The van der Waals surface area contributed by atoms with Gasteiger partial charge < -0.3 is 24.6 Å². The van der Waals surface area contributed by atoms with Crippen LogP contribution in [0.3, 0.4) is 0 Å². The third kappa shape index (κ3) is 4.78. The first kappa shape index (κ1) is 15.9. The Bertz CT molecular complexity index is 400. The first-order valence-corrected chi connectivity index (χ1v) is 6.41. The largest absolute Gasteiger partial charge is 0.495 e. The molecule has 5 nitrogen and oxygen atoms in total. The van der Waals surface area contributed by atoms with Crippen LogP contribution in [-0.4, -0.2) is 45.2 Å². The van der Waals surface area contributed by atoms with E-state index in [0.29, 0.717) is 35.4 Å². The summed E-state index contributed by atoms with van der Waals surface area (Å²) in [5, 5.41) is 13.3. The van der Waals surface area contributed by atoms with Crippen molar-refractivity contribution in [2.75, 3.05) is 39.3 Å². The molecule has 0 bridgehead atoms. The molecule has 0 amide bonds. The number of aliphatic hydroxyl groups excluding tert-OH is 1. The number of hydrogen-bond acceptors (Lipinski definition) is 5. The average Bonchev–Trinajstić information content (AvgIpc) is 2.43. The first-order valence-electron chi connectivity index (χ1n) is 6.03. The number of rotatable bonds is 8. The summed E-state index contributed by atoms with van der Waals surface area (Å²) in [4.78, 5) is 0. The number of aliphatic hydroxyl groups is 1. The fourth-order valence-corrected chi connectivity index (χ4v) is 1.77. The molecule has 6 heteroatoms. The Kier molecular flexibility index (Phi) is 6.77. The normalized spacial score (nSPS) is 12.1. The second kappa shape index (κ2) is 8.09. The SMILES string of the molecule is CCOCC(O)CNc1cc(OC)c(Cl)cc1OC. The number of halogens is 1. The summed E-state index contributed by atoms with van der Waals surface area (Å²) in [6.45, 7) is 3.10. The molecule has 0 saturated heterocycles. The van der Waals surface area contributed by atoms with Gasteiger partial charge in [0.2, 0.25) is 0 Å². The highest BCUT2D eigenvalue weighted by molar-refractivity contribution is 6.32. The molecular formula is C13H20ClNO4. The lowest BCUT2D eigenvalue weighted by Gasteiger charge is -2.16. The Morgan fingerprint density at radius 1 is 1.26 bits per heavy atom. The van der Waals surface area contributed by atoms with Gasteiger partial charge in [-0.15, -0.1) is 0 Å². The van der Waals surface area contributed by atoms with Crippen LogP contribution < -0.4 is 14.8 Å². The first-order chi connectivity index (χ1) is 9.12. The third-order valence-corrected chi connectivity index (χ3v) is 2.81. The van der Waals surface area contributed by atoms with E-state index >= 15 is 0 Å². The molecule has 0 aliphatic heterocycles. The Hall–Kier alpha value is -1.17. The van der Waals surface area contributed by atoms with E-state index in [2.05, 4.69) is 5.32 Å². The smallest absolute Gasteiger partial charge is 0.143 e. The van der Waals surface area contributed by atoms with Crippen molar-refractivity contribution in [3.63, 3.8) is 0 Å². The summed E-state index contributed by atoms with van der Waals surface area (Å²) in [6.07, 6.45) is -0.591. The van der Waals surface area contributed by atoms with Gasteiger partial charge in [0.05, 0.1) is 37.6 Å². The Morgan fingerprint density at radius 3 is 2.53 bits per heavy atom. The van der Waals surface area contributed by atoms with Gasteiger partial charge in [-0.2, -0.15) is 0 Å². The minimum atomic E-state index is -0.591. The summed E-state index contributed by atoms with van der Waals surface area (Å²) >= 11 is 6.01. The molecule has 1 aromatic carbocycles. The van der Waals surface area contributed by atoms with Crippen molar-refractivity contribution in [3.05, 3.63) is 17.2 Å². The quantitative estimate of drug-likeness (QED) is 0.768. The van der Waals surface area contributed by atoms with Crippen LogP contribution in [0.15, 0.2) is 12.1 Å². The number of methoxy groups -OCH3 is 2. The van der Waals surface area contributed by atoms with E-state index in [9.17, 15) is 5.11 Å². The molecule has 1 atom stereocenters. The molecule has 1 rings (SSSR count). The van der Waals surface area contributed by atoms with E-state index in [0.717, 1.165) is 0 Å². The number of ether oxygens (including phenoxy) is 3. The number of benzene rings is 1. The maximum absolute atomic E-state index is 9.70. The summed E-state index contributed by atoms with van der Waals surface area (Å²) in [5.74, 6) is 1.14. The lowest BCUT2D eigenvalue weighted by molar-refractivity contribution is 0.0495. The molecule has 2 N–H and O–H groups in total. The molecule has 1 unspecified atom stereocenters. The zero-order chi connectivity index (χ0) is 14.3. The van der Waals surface area contributed by atoms with Gasteiger partial charge in [-0.3, -0.25) is 0 Å². The standard InChI is InChI=1S/C13H20ClNO4/c1-4-19-8-9(16)7-15-11-6-12(17-2)10(14)5-13(11)18-3/h5-6,9,15-16H,4,7-8H2,1-3H3. The predicted octanol–water partition coefficient (Wildman–Crippen LogP) is 2.17. The molecule has 0 heterocycles.